The largest absolute Gasteiger partial charge is 0.602 e. The molecule has 0 fully saturated rings. The number of alkyl halides is 2. The van der Waals surface area contributed by atoms with Gasteiger partial charge in [-0.05, 0) is 12.1 Å². The zero-order chi connectivity index (χ0) is 14.0. The first-order chi connectivity index (χ1) is 8.18. The number of hydrogen-bond donors (Lipinski definition) is 0. The van der Waals surface area contributed by atoms with Crippen LogP contribution in [0.2, 0.25) is 0 Å². The Bertz CT molecular complexity index is 586. The first-order valence-corrected chi connectivity index (χ1v) is 6.40. The van der Waals surface area contributed by atoms with Crippen molar-refractivity contribution in [1.29, 1.82) is 0 Å². The molecule has 0 heterocycles. The number of nitrogens with zero attached hydrogens (tertiary/aromatic N) is 3. The normalized spacial score (nSPS) is 13.3. The van der Waals surface area contributed by atoms with Crippen molar-refractivity contribution < 1.29 is 18.2 Å². The Hall–Kier alpha value is -1.45. The summed E-state index contributed by atoms with van der Waals surface area (Å²) in [5.74, 6) is 0. The van der Waals surface area contributed by atoms with Crippen LogP contribution in [0, 0.1) is 15.3 Å². The van der Waals surface area contributed by atoms with Crippen LogP contribution in [-0.4, -0.2) is 22.8 Å². The Morgan fingerprint density at radius 2 is 1.67 bits per heavy atom. The molecule has 0 aliphatic heterocycles. The molecule has 0 aliphatic rings. The van der Waals surface area contributed by atoms with Gasteiger partial charge in [-0.2, -0.15) is 8.42 Å². The summed E-state index contributed by atoms with van der Waals surface area (Å²) in [6.07, 6.45) is 0. The average Bonchev–Trinajstić information content (AvgIpc) is 2.29. The molecule has 1 aromatic carbocycles. The molecule has 0 radical (unpaired) electrons. The number of rotatable bonds is 4. The molecule has 0 saturated carbocycles. The van der Waals surface area contributed by atoms with Crippen LogP contribution < -0.4 is 0 Å². The van der Waals surface area contributed by atoms with Crippen molar-refractivity contribution in [2.75, 3.05) is 0 Å². The van der Waals surface area contributed by atoms with Crippen LogP contribution in [0.4, 0.5) is 0 Å². The lowest BCUT2D eigenvalue weighted by atomic mass is 10.4. The Morgan fingerprint density at radius 3 is 2.11 bits per heavy atom. The number of hydroxylamine groups is 1. The fourth-order valence-corrected chi connectivity index (χ4v) is 1.93. The second kappa shape index (κ2) is 5.04. The van der Waals surface area contributed by atoms with Gasteiger partial charge in [-0.3, -0.25) is 10.1 Å². The van der Waals surface area contributed by atoms with E-state index in [1.807, 2.05) is 0 Å². The van der Waals surface area contributed by atoms with Crippen molar-refractivity contribution in [2.24, 2.45) is 4.52 Å². The van der Waals surface area contributed by atoms with Gasteiger partial charge >= 0.3 is 14.6 Å². The molecule has 1 aromatic rings. The fourth-order valence-electron chi connectivity index (χ4n) is 0.856. The predicted octanol–water partition coefficient (Wildman–Crippen LogP) is 1.70. The molecule has 0 aliphatic carbocycles. The predicted molar refractivity (Wildman–Crippen MR) is 61.1 cm³/mol. The smallest absolute Gasteiger partial charge is 0.591 e. The summed E-state index contributed by atoms with van der Waals surface area (Å²) < 4.78 is 22.5. The van der Waals surface area contributed by atoms with Crippen molar-refractivity contribution >= 4 is 33.2 Å². The van der Waals surface area contributed by atoms with Crippen molar-refractivity contribution in [3.63, 3.8) is 0 Å². The molecular formula is C7H5Cl2N3O5S. The van der Waals surface area contributed by atoms with E-state index in [4.69, 9.17) is 23.2 Å². The lowest BCUT2D eigenvalue weighted by Crippen LogP contribution is -2.35. The van der Waals surface area contributed by atoms with Crippen molar-refractivity contribution in [3.05, 3.63) is 45.7 Å². The fraction of sp³-hybridized carbons (Fsp3) is 0.143. The van der Waals surface area contributed by atoms with E-state index in [1.54, 1.807) is 6.07 Å². The Kier molecular flexibility index (Phi) is 4.09. The van der Waals surface area contributed by atoms with Crippen LogP contribution in [0.25, 0.3) is 0 Å². The highest BCUT2D eigenvalue weighted by molar-refractivity contribution is 7.89. The van der Waals surface area contributed by atoms with Crippen LogP contribution >= 0.6 is 23.2 Å². The summed E-state index contributed by atoms with van der Waals surface area (Å²) in [4.78, 5) is 7.74. The maximum absolute atomic E-state index is 11.6. The second-order valence-electron chi connectivity index (χ2n) is 2.91. The van der Waals surface area contributed by atoms with E-state index in [1.165, 1.54) is 12.1 Å². The number of sulfonamides is 1. The van der Waals surface area contributed by atoms with Gasteiger partial charge in [0.2, 0.25) is 0 Å². The first kappa shape index (κ1) is 14.6. The molecule has 0 aromatic heterocycles. The van der Waals surface area contributed by atoms with E-state index in [-0.39, 0.29) is 4.90 Å². The topological polar surface area (TPSA) is 116 Å². The van der Waals surface area contributed by atoms with Gasteiger partial charge in [0, 0.05) is 4.86 Å². The Balaban J connectivity index is 3.22. The molecule has 11 heteroatoms. The summed E-state index contributed by atoms with van der Waals surface area (Å²) in [5, 5.41) is 21.5. The van der Waals surface area contributed by atoms with Gasteiger partial charge in [0.25, 0.3) is 0 Å². The molecule has 8 nitrogen and oxygen atoms in total. The highest BCUT2D eigenvalue weighted by atomic mass is 35.5. The Morgan fingerprint density at radius 1 is 1.17 bits per heavy atom. The lowest BCUT2D eigenvalue weighted by molar-refractivity contribution is -0.753. The Labute approximate surface area is 111 Å². The minimum absolute atomic E-state index is 0.321. The molecular weight excluding hydrogens is 309 g/mol. The maximum Gasteiger partial charge on any atom is 0.602 e. The number of benzene rings is 1. The molecule has 1 rings (SSSR count). The molecule has 98 valence electrons. The highest BCUT2D eigenvalue weighted by Gasteiger charge is 2.51. The van der Waals surface area contributed by atoms with Crippen molar-refractivity contribution in [2.45, 2.75) is 9.48 Å². The van der Waals surface area contributed by atoms with Crippen LogP contribution in [0.1, 0.15) is 0 Å². The van der Waals surface area contributed by atoms with Gasteiger partial charge in [0.15, 0.2) is 0 Å². The summed E-state index contributed by atoms with van der Waals surface area (Å²) >= 11 is 10.1. The number of hydrogen-bond acceptors (Lipinski definition) is 5. The zero-order valence-corrected chi connectivity index (χ0v) is 10.8. The van der Waals surface area contributed by atoms with Crippen molar-refractivity contribution in [3.8, 4) is 0 Å². The number of nitro groups is 1. The third-order valence-electron chi connectivity index (χ3n) is 1.67. The van der Waals surface area contributed by atoms with E-state index >= 15 is 0 Å². The molecule has 0 bridgehead atoms. The average molecular weight is 314 g/mol. The monoisotopic (exact) mass is 313 g/mol. The molecule has 0 N–H and O–H groups in total. The molecule has 0 saturated heterocycles. The molecule has 0 atom stereocenters. The van der Waals surface area contributed by atoms with E-state index in [0.717, 1.165) is 12.1 Å². The van der Waals surface area contributed by atoms with Crippen LogP contribution in [-0.2, 0) is 10.0 Å². The summed E-state index contributed by atoms with van der Waals surface area (Å²) in [7, 11) is -4.41. The van der Waals surface area contributed by atoms with Gasteiger partial charge in [-0.1, -0.05) is 18.2 Å². The SMILES string of the molecule is O=[N+]([O-])C(Cl)(Cl)[N+]([O-])=NS(=O)(=O)c1ccccc1. The van der Waals surface area contributed by atoms with Gasteiger partial charge in [0.05, 0.1) is 28.1 Å². The second-order valence-corrected chi connectivity index (χ2v) is 5.74. The van der Waals surface area contributed by atoms with E-state index < -0.39 is 24.4 Å². The van der Waals surface area contributed by atoms with Crippen molar-refractivity contribution in [1.82, 2.24) is 0 Å². The molecule has 0 spiro atoms. The lowest BCUT2D eigenvalue weighted by Gasteiger charge is -2.06. The molecule has 0 amide bonds. The minimum atomic E-state index is -4.41. The van der Waals surface area contributed by atoms with Crippen LogP contribution in [0.15, 0.2) is 39.7 Å². The van der Waals surface area contributed by atoms with E-state index in [0.29, 0.717) is 0 Å². The molecule has 18 heavy (non-hydrogen) atoms. The van der Waals surface area contributed by atoms with Gasteiger partial charge in [-0.25, -0.2) is 0 Å². The van der Waals surface area contributed by atoms with Gasteiger partial charge in [-0.15, -0.1) is 0 Å². The summed E-state index contributed by atoms with van der Waals surface area (Å²) in [6.45, 7) is 0. The minimum Gasteiger partial charge on any atom is -0.591 e. The molecule has 0 unspecified atom stereocenters. The first-order valence-electron chi connectivity index (χ1n) is 4.20. The maximum atomic E-state index is 11.6. The zero-order valence-electron chi connectivity index (χ0n) is 8.43. The van der Waals surface area contributed by atoms with E-state index in [9.17, 15) is 23.7 Å². The highest BCUT2D eigenvalue weighted by Crippen LogP contribution is 2.24. The quantitative estimate of drug-likeness (QED) is 0.159. The van der Waals surface area contributed by atoms with Crippen LogP contribution in [0.3, 0.4) is 0 Å². The summed E-state index contributed by atoms with van der Waals surface area (Å²) in [5.41, 5.74) is 0. The summed E-state index contributed by atoms with van der Waals surface area (Å²) in [6, 6.07) is 6.63. The number of halogens is 2. The van der Waals surface area contributed by atoms with Gasteiger partial charge < -0.3 is 5.21 Å². The standard InChI is InChI=1S/C7H5Cl2N3O5S/c8-7(9,12(14)15)11(13)10-18(16,17)6-4-2-1-3-5-6/h1-5H. The van der Waals surface area contributed by atoms with E-state index in [2.05, 4.69) is 4.52 Å². The van der Waals surface area contributed by atoms with Gasteiger partial charge in [0.1, 0.15) is 9.44 Å². The van der Waals surface area contributed by atoms with Crippen LogP contribution in [0.5, 0.6) is 0 Å². The third kappa shape index (κ3) is 3.06. The third-order valence-corrected chi connectivity index (χ3v) is 3.47.